The standard InChI is InChI=1S/C13H9ClN3/c1-9-3-2-4-11(7-9)17-15-12-6-5-10(14)8-13(12)16-17/h2,4-8H,1H3. The van der Waals surface area contributed by atoms with Crippen LogP contribution in [0.25, 0.3) is 16.7 Å². The molecule has 4 heteroatoms. The summed E-state index contributed by atoms with van der Waals surface area (Å²) in [5.74, 6) is 0. The molecular formula is C13H9ClN3. The van der Waals surface area contributed by atoms with Gasteiger partial charge < -0.3 is 0 Å². The van der Waals surface area contributed by atoms with E-state index in [0.29, 0.717) is 5.02 Å². The van der Waals surface area contributed by atoms with Gasteiger partial charge in [0.05, 0.1) is 5.69 Å². The van der Waals surface area contributed by atoms with Crippen LogP contribution in [0, 0.1) is 13.0 Å². The Morgan fingerprint density at radius 3 is 2.76 bits per heavy atom. The molecule has 1 heterocycles. The fourth-order valence-electron chi connectivity index (χ4n) is 1.70. The number of aromatic nitrogens is 3. The zero-order valence-electron chi connectivity index (χ0n) is 9.18. The van der Waals surface area contributed by atoms with Gasteiger partial charge in [0.2, 0.25) is 0 Å². The average Bonchev–Trinajstić information content (AvgIpc) is 2.72. The fraction of sp³-hybridized carbons (Fsp3) is 0.0769. The van der Waals surface area contributed by atoms with E-state index in [4.69, 9.17) is 11.6 Å². The van der Waals surface area contributed by atoms with Gasteiger partial charge in [0.15, 0.2) is 0 Å². The van der Waals surface area contributed by atoms with Crippen LogP contribution >= 0.6 is 11.6 Å². The number of hydrogen-bond donors (Lipinski definition) is 0. The molecular weight excluding hydrogens is 234 g/mol. The minimum Gasteiger partial charge on any atom is -0.150 e. The first-order valence-corrected chi connectivity index (χ1v) is 5.61. The Kier molecular flexibility index (Phi) is 2.34. The van der Waals surface area contributed by atoms with E-state index in [1.807, 2.05) is 43.3 Å². The van der Waals surface area contributed by atoms with Gasteiger partial charge in [0.25, 0.3) is 0 Å². The Balaban J connectivity index is 2.18. The van der Waals surface area contributed by atoms with Crippen LogP contribution in [0.4, 0.5) is 0 Å². The van der Waals surface area contributed by atoms with Gasteiger partial charge >= 0.3 is 0 Å². The monoisotopic (exact) mass is 242 g/mol. The lowest BCUT2D eigenvalue weighted by Gasteiger charge is -1.98. The summed E-state index contributed by atoms with van der Waals surface area (Å²) in [6, 6.07) is 14.4. The van der Waals surface area contributed by atoms with Gasteiger partial charge in [-0.25, -0.2) is 0 Å². The topological polar surface area (TPSA) is 30.7 Å². The van der Waals surface area contributed by atoms with Crippen molar-refractivity contribution >= 4 is 22.6 Å². The summed E-state index contributed by atoms with van der Waals surface area (Å²) in [5, 5.41) is 9.46. The molecule has 0 N–H and O–H groups in total. The Morgan fingerprint density at radius 1 is 1.12 bits per heavy atom. The number of rotatable bonds is 1. The number of hydrogen-bond acceptors (Lipinski definition) is 2. The molecule has 83 valence electrons. The van der Waals surface area contributed by atoms with E-state index in [2.05, 4.69) is 16.3 Å². The Hall–Kier alpha value is -1.87. The second kappa shape index (κ2) is 3.86. The molecule has 3 rings (SSSR count). The molecule has 0 unspecified atom stereocenters. The molecule has 3 nitrogen and oxygen atoms in total. The maximum absolute atomic E-state index is 5.92. The van der Waals surface area contributed by atoms with Crippen LogP contribution < -0.4 is 0 Å². The van der Waals surface area contributed by atoms with E-state index in [1.54, 1.807) is 4.80 Å². The minimum absolute atomic E-state index is 0.669. The number of nitrogens with zero attached hydrogens (tertiary/aromatic N) is 3. The summed E-state index contributed by atoms with van der Waals surface area (Å²) in [6.45, 7) is 1.99. The van der Waals surface area contributed by atoms with Crippen LogP contribution in [0.15, 0.2) is 36.4 Å². The highest BCUT2D eigenvalue weighted by Gasteiger charge is 2.04. The number of benzene rings is 2. The van der Waals surface area contributed by atoms with Crippen molar-refractivity contribution in [3.8, 4) is 5.69 Å². The van der Waals surface area contributed by atoms with Crippen molar-refractivity contribution in [3.05, 3.63) is 53.1 Å². The van der Waals surface area contributed by atoms with Crippen molar-refractivity contribution < 1.29 is 0 Å². The first-order valence-electron chi connectivity index (χ1n) is 5.24. The molecule has 0 spiro atoms. The lowest BCUT2D eigenvalue weighted by atomic mass is 10.2. The summed E-state index contributed by atoms with van der Waals surface area (Å²) in [4.78, 5) is 1.61. The first-order chi connectivity index (χ1) is 8.22. The maximum Gasteiger partial charge on any atom is 0.115 e. The smallest absolute Gasteiger partial charge is 0.115 e. The first kappa shape index (κ1) is 10.3. The average molecular weight is 243 g/mol. The largest absolute Gasteiger partial charge is 0.150 e. The zero-order valence-corrected chi connectivity index (χ0v) is 9.94. The van der Waals surface area contributed by atoms with Gasteiger partial charge in [-0.15, -0.1) is 10.2 Å². The summed E-state index contributed by atoms with van der Waals surface area (Å²) in [5.41, 5.74) is 3.61. The van der Waals surface area contributed by atoms with Gasteiger partial charge in [-0.2, -0.15) is 4.80 Å². The molecule has 1 radical (unpaired) electrons. The Labute approximate surface area is 104 Å². The zero-order chi connectivity index (χ0) is 11.8. The van der Waals surface area contributed by atoms with E-state index < -0.39 is 0 Å². The number of aryl methyl sites for hydroxylation is 1. The Morgan fingerprint density at radius 2 is 1.94 bits per heavy atom. The third-order valence-corrected chi connectivity index (χ3v) is 2.74. The maximum atomic E-state index is 5.92. The van der Waals surface area contributed by atoms with E-state index >= 15 is 0 Å². The molecule has 0 bridgehead atoms. The van der Waals surface area contributed by atoms with Crippen LogP contribution in [-0.4, -0.2) is 15.0 Å². The highest BCUT2D eigenvalue weighted by atomic mass is 35.5. The fourth-order valence-corrected chi connectivity index (χ4v) is 1.86. The van der Waals surface area contributed by atoms with Crippen molar-refractivity contribution in [1.29, 1.82) is 0 Å². The minimum atomic E-state index is 0.669. The summed E-state index contributed by atoms with van der Waals surface area (Å²) in [7, 11) is 0. The van der Waals surface area contributed by atoms with E-state index in [-0.39, 0.29) is 0 Å². The number of fused-ring (bicyclic) bond motifs is 1. The van der Waals surface area contributed by atoms with Gasteiger partial charge in [0.1, 0.15) is 11.0 Å². The van der Waals surface area contributed by atoms with Gasteiger partial charge in [-0.3, -0.25) is 0 Å². The number of halogens is 1. The molecule has 0 fully saturated rings. The normalized spacial score (nSPS) is 10.9. The SMILES string of the molecule is Cc1[c]ccc(-n2nc3ccc(Cl)cc3n2)c1. The molecule has 17 heavy (non-hydrogen) atoms. The van der Waals surface area contributed by atoms with Crippen molar-refractivity contribution in [2.75, 3.05) is 0 Å². The molecule has 0 saturated heterocycles. The van der Waals surface area contributed by atoms with Crippen molar-refractivity contribution in [2.24, 2.45) is 0 Å². The van der Waals surface area contributed by atoms with E-state index in [0.717, 1.165) is 22.3 Å². The van der Waals surface area contributed by atoms with E-state index in [1.165, 1.54) is 0 Å². The van der Waals surface area contributed by atoms with Crippen LogP contribution in [0.1, 0.15) is 5.56 Å². The lowest BCUT2D eigenvalue weighted by molar-refractivity contribution is 0.765. The van der Waals surface area contributed by atoms with Crippen molar-refractivity contribution in [1.82, 2.24) is 15.0 Å². The Bertz CT molecular complexity index is 688. The highest BCUT2D eigenvalue weighted by molar-refractivity contribution is 6.31. The second-order valence-corrected chi connectivity index (χ2v) is 4.29. The molecule has 1 aromatic heterocycles. The van der Waals surface area contributed by atoms with E-state index in [9.17, 15) is 0 Å². The van der Waals surface area contributed by atoms with Crippen molar-refractivity contribution in [3.63, 3.8) is 0 Å². The molecule has 0 aliphatic heterocycles. The van der Waals surface area contributed by atoms with Gasteiger partial charge in [0, 0.05) is 5.02 Å². The molecule has 0 atom stereocenters. The molecule has 0 aliphatic carbocycles. The third-order valence-electron chi connectivity index (χ3n) is 2.50. The molecule has 2 aromatic carbocycles. The molecule has 0 aliphatic rings. The summed E-state index contributed by atoms with van der Waals surface area (Å²) < 4.78 is 0. The molecule has 3 aromatic rings. The third kappa shape index (κ3) is 1.89. The molecule has 0 amide bonds. The van der Waals surface area contributed by atoms with Crippen LogP contribution in [-0.2, 0) is 0 Å². The lowest BCUT2D eigenvalue weighted by Crippen LogP contribution is -1.98. The second-order valence-electron chi connectivity index (χ2n) is 3.85. The van der Waals surface area contributed by atoms with Crippen molar-refractivity contribution in [2.45, 2.75) is 6.92 Å². The quantitative estimate of drug-likeness (QED) is 0.656. The summed E-state index contributed by atoms with van der Waals surface area (Å²) in [6.07, 6.45) is 0. The van der Waals surface area contributed by atoms with Crippen LogP contribution in [0.3, 0.4) is 0 Å². The van der Waals surface area contributed by atoms with Crippen LogP contribution in [0.2, 0.25) is 5.02 Å². The van der Waals surface area contributed by atoms with Gasteiger partial charge in [-0.1, -0.05) is 17.7 Å². The highest BCUT2D eigenvalue weighted by Crippen LogP contribution is 2.17. The van der Waals surface area contributed by atoms with Crippen LogP contribution in [0.5, 0.6) is 0 Å². The predicted molar refractivity (Wildman–Crippen MR) is 67.4 cm³/mol. The molecule has 0 saturated carbocycles. The predicted octanol–water partition coefficient (Wildman–Crippen LogP) is 3.18. The summed E-state index contributed by atoms with van der Waals surface area (Å²) >= 11 is 5.92. The van der Waals surface area contributed by atoms with Gasteiger partial charge in [-0.05, 0) is 48.9 Å².